The van der Waals surface area contributed by atoms with Crippen molar-refractivity contribution in [2.24, 2.45) is 0 Å². The maximum absolute atomic E-state index is 4.72. The first-order chi connectivity index (χ1) is 10.2. The molecule has 1 aliphatic rings. The summed E-state index contributed by atoms with van der Waals surface area (Å²) in [6.45, 7) is 7.14. The van der Waals surface area contributed by atoms with E-state index in [0.29, 0.717) is 0 Å². The van der Waals surface area contributed by atoms with Crippen molar-refractivity contribution in [1.29, 1.82) is 0 Å². The molecule has 0 amide bonds. The van der Waals surface area contributed by atoms with Gasteiger partial charge in [0.05, 0.1) is 0 Å². The summed E-state index contributed by atoms with van der Waals surface area (Å²) >= 11 is 0. The Morgan fingerprint density at radius 1 is 1.19 bits per heavy atom. The van der Waals surface area contributed by atoms with E-state index >= 15 is 0 Å². The molecule has 1 fully saturated rings. The van der Waals surface area contributed by atoms with Crippen LogP contribution >= 0.6 is 0 Å². The highest BCUT2D eigenvalue weighted by Crippen LogP contribution is 2.20. The van der Waals surface area contributed by atoms with Gasteiger partial charge in [0.15, 0.2) is 11.6 Å². The first kappa shape index (κ1) is 14.2. The molecule has 1 aliphatic carbocycles. The predicted molar refractivity (Wildman–Crippen MR) is 82.5 cm³/mol. The Hall–Kier alpha value is -1.75. The van der Waals surface area contributed by atoms with E-state index in [2.05, 4.69) is 42.2 Å². The van der Waals surface area contributed by atoms with E-state index in [1.807, 2.05) is 10.7 Å². The second kappa shape index (κ2) is 5.93. The monoisotopic (exact) mass is 285 g/mol. The minimum absolute atomic E-state index is 0.721. The molecule has 112 valence electrons. The van der Waals surface area contributed by atoms with Crippen LogP contribution in [0.4, 0.5) is 0 Å². The van der Waals surface area contributed by atoms with Gasteiger partial charge >= 0.3 is 0 Å². The van der Waals surface area contributed by atoms with Crippen molar-refractivity contribution >= 4 is 0 Å². The van der Waals surface area contributed by atoms with E-state index in [0.717, 1.165) is 48.6 Å². The number of pyridine rings is 1. The summed E-state index contributed by atoms with van der Waals surface area (Å²) in [5.41, 5.74) is 2.33. The van der Waals surface area contributed by atoms with Crippen LogP contribution in [-0.4, -0.2) is 25.8 Å². The lowest BCUT2D eigenvalue weighted by atomic mass is 10.2. The molecule has 0 unspecified atom stereocenters. The molecule has 1 N–H and O–H groups in total. The van der Waals surface area contributed by atoms with Crippen molar-refractivity contribution in [3.63, 3.8) is 0 Å². The van der Waals surface area contributed by atoms with Crippen LogP contribution in [0.25, 0.3) is 5.82 Å². The van der Waals surface area contributed by atoms with Crippen molar-refractivity contribution in [1.82, 2.24) is 25.1 Å². The molecular formula is C16H23N5. The number of hydrogen-bond acceptors (Lipinski definition) is 4. The standard InChI is InChI=1S/C16H23N5/c1-4-14-19-15(5-2)21(20-14)16-9-6-12(11(3)18-16)10-17-13-7-8-13/h6,9,13,17H,4-5,7-8,10H2,1-3H3. The zero-order valence-electron chi connectivity index (χ0n) is 13.1. The lowest BCUT2D eigenvalue weighted by molar-refractivity contribution is 0.679. The second-order valence-electron chi connectivity index (χ2n) is 5.63. The van der Waals surface area contributed by atoms with Gasteiger partial charge in [0.1, 0.15) is 5.82 Å². The number of nitrogens with zero attached hydrogens (tertiary/aromatic N) is 4. The van der Waals surface area contributed by atoms with Crippen LogP contribution in [0.2, 0.25) is 0 Å². The van der Waals surface area contributed by atoms with Crippen LogP contribution < -0.4 is 5.32 Å². The summed E-state index contributed by atoms with van der Waals surface area (Å²) in [5.74, 6) is 2.72. The van der Waals surface area contributed by atoms with Crippen LogP contribution in [0.15, 0.2) is 12.1 Å². The molecule has 0 spiro atoms. The van der Waals surface area contributed by atoms with Crippen LogP contribution in [0, 0.1) is 6.92 Å². The predicted octanol–water partition coefficient (Wildman–Crippen LogP) is 2.35. The van der Waals surface area contributed by atoms with E-state index in [-0.39, 0.29) is 0 Å². The quantitative estimate of drug-likeness (QED) is 0.885. The van der Waals surface area contributed by atoms with E-state index < -0.39 is 0 Å². The Morgan fingerprint density at radius 3 is 2.62 bits per heavy atom. The minimum atomic E-state index is 0.721. The van der Waals surface area contributed by atoms with Gasteiger partial charge in [0.2, 0.25) is 0 Å². The molecule has 2 aromatic heterocycles. The lowest BCUT2D eigenvalue weighted by Crippen LogP contribution is -2.17. The van der Waals surface area contributed by atoms with Crippen molar-refractivity contribution < 1.29 is 0 Å². The second-order valence-corrected chi connectivity index (χ2v) is 5.63. The van der Waals surface area contributed by atoms with Gasteiger partial charge in [0.25, 0.3) is 0 Å². The first-order valence-corrected chi connectivity index (χ1v) is 7.86. The van der Waals surface area contributed by atoms with Crippen LogP contribution in [0.5, 0.6) is 0 Å². The van der Waals surface area contributed by atoms with E-state index in [9.17, 15) is 0 Å². The van der Waals surface area contributed by atoms with Gasteiger partial charge in [-0.1, -0.05) is 19.9 Å². The third-order valence-corrected chi connectivity index (χ3v) is 3.91. The van der Waals surface area contributed by atoms with Crippen LogP contribution in [0.3, 0.4) is 0 Å². The largest absolute Gasteiger partial charge is 0.310 e. The summed E-state index contributed by atoms with van der Waals surface area (Å²) in [6.07, 6.45) is 4.33. The molecular weight excluding hydrogens is 262 g/mol. The fourth-order valence-corrected chi connectivity index (χ4v) is 2.38. The summed E-state index contributed by atoms with van der Waals surface area (Å²) in [5, 5.41) is 8.09. The maximum Gasteiger partial charge on any atom is 0.155 e. The van der Waals surface area contributed by atoms with Gasteiger partial charge in [-0.3, -0.25) is 0 Å². The maximum atomic E-state index is 4.72. The summed E-state index contributed by atoms with van der Waals surface area (Å²) in [4.78, 5) is 9.26. The fraction of sp³-hybridized carbons (Fsp3) is 0.562. The van der Waals surface area contributed by atoms with Gasteiger partial charge in [-0.05, 0) is 31.4 Å². The van der Waals surface area contributed by atoms with Gasteiger partial charge in [-0.2, -0.15) is 4.68 Å². The molecule has 2 heterocycles. The van der Waals surface area contributed by atoms with E-state index in [1.54, 1.807) is 0 Å². The molecule has 0 aliphatic heterocycles. The third-order valence-electron chi connectivity index (χ3n) is 3.91. The number of aryl methyl sites for hydroxylation is 3. The molecule has 0 radical (unpaired) electrons. The molecule has 0 bridgehead atoms. The average molecular weight is 285 g/mol. The average Bonchev–Trinajstić information content (AvgIpc) is 3.23. The molecule has 2 aromatic rings. The zero-order chi connectivity index (χ0) is 14.8. The Bertz CT molecular complexity index is 628. The molecule has 3 rings (SSSR count). The molecule has 5 heteroatoms. The number of hydrogen-bond donors (Lipinski definition) is 1. The molecule has 5 nitrogen and oxygen atoms in total. The summed E-state index contributed by atoms with van der Waals surface area (Å²) < 4.78 is 1.88. The van der Waals surface area contributed by atoms with Crippen molar-refractivity contribution in [2.75, 3.05) is 0 Å². The van der Waals surface area contributed by atoms with E-state index in [1.165, 1.54) is 18.4 Å². The number of nitrogens with one attached hydrogen (secondary N) is 1. The van der Waals surface area contributed by atoms with Gasteiger partial charge < -0.3 is 5.32 Å². The van der Waals surface area contributed by atoms with Crippen LogP contribution in [-0.2, 0) is 19.4 Å². The zero-order valence-corrected chi connectivity index (χ0v) is 13.1. The topological polar surface area (TPSA) is 55.6 Å². The molecule has 21 heavy (non-hydrogen) atoms. The smallest absolute Gasteiger partial charge is 0.155 e. The third kappa shape index (κ3) is 3.13. The highest BCUT2D eigenvalue weighted by molar-refractivity contribution is 5.30. The fourth-order valence-electron chi connectivity index (χ4n) is 2.38. The summed E-state index contributed by atoms with van der Waals surface area (Å²) in [7, 11) is 0. The van der Waals surface area contributed by atoms with Gasteiger partial charge in [0, 0.05) is 31.1 Å². The Labute approximate surface area is 125 Å². The Balaban J connectivity index is 1.84. The van der Waals surface area contributed by atoms with Crippen molar-refractivity contribution in [2.45, 2.75) is 59.0 Å². The van der Waals surface area contributed by atoms with E-state index in [4.69, 9.17) is 4.98 Å². The highest BCUT2D eigenvalue weighted by Gasteiger charge is 2.20. The summed E-state index contributed by atoms with van der Waals surface area (Å²) in [6, 6.07) is 4.92. The SMILES string of the molecule is CCc1nc(CC)n(-c2ccc(CNC3CC3)c(C)n2)n1. The lowest BCUT2D eigenvalue weighted by Gasteiger charge is -2.09. The molecule has 1 saturated carbocycles. The van der Waals surface area contributed by atoms with Gasteiger partial charge in [-0.25, -0.2) is 9.97 Å². The van der Waals surface area contributed by atoms with Gasteiger partial charge in [-0.15, -0.1) is 5.10 Å². The normalized spacial score (nSPS) is 14.6. The highest BCUT2D eigenvalue weighted by atomic mass is 15.4. The first-order valence-electron chi connectivity index (χ1n) is 7.86. The Kier molecular flexibility index (Phi) is 4.01. The number of aromatic nitrogens is 4. The molecule has 0 saturated heterocycles. The van der Waals surface area contributed by atoms with Crippen molar-refractivity contribution in [3.8, 4) is 5.82 Å². The minimum Gasteiger partial charge on any atom is -0.310 e. The Morgan fingerprint density at radius 2 is 2.00 bits per heavy atom. The number of rotatable bonds is 6. The van der Waals surface area contributed by atoms with Crippen molar-refractivity contribution in [3.05, 3.63) is 35.0 Å². The van der Waals surface area contributed by atoms with Crippen LogP contribution in [0.1, 0.15) is 49.6 Å². The molecule has 0 atom stereocenters. The molecule has 0 aromatic carbocycles.